The number of benzene rings is 4. The van der Waals surface area contributed by atoms with Crippen LogP contribution in [0.15, 0.2) is 72.8 Å². The van der Waals surface area contributed by atoms with Crippen molar-refractivity contribution in [3.63, 3.8) is 0 Å². The molecule has 26 heavy (non-hydrogen) atoms. The lowest BCUT2D eigenvalue weighted by Crippen LogP contribution is -2.15. The van der Waals surface area contributed by atoms with Crippen molar-refractivity contribution in [1.29, 1.82) is 0 Å². The highest BCUT2D eigenvalue weighted by Crippen LogP contribution is 2.32. The lowest BCUT2D eigenvalue weighted by molar-refractivity contribution is 0.152. The predicted octanol–water partition coefficient (Wildman–Crippen LogP) is 6.19. The number of rotatable bonds is 2. The van der Waals surface area contributed by atoms with Crippen LogP contribution in [0.3, 0.4) is 0 Å². The molecule has 0 aliphatic rings. The minimum Gasteiger partial charge on any atom is -0.394 e. The van der Waals surface area contributed by atoms with E-state index in [0.29, 0.717) is 11.5 Å². The van der Waals surface area contributed by atoms with Gasteiger partial charge in [0.05, 0.1) is 0 Å². The number of aryl methyl sites for hydroxylation is 2. The normalized spacial score (nSPS) is 10.8. The first-order valence-electron chi connectivity index (χ1n) is 8.50. The fraction of sp³-hybridized carbons (Fsp3) is 0.0870. The summed E-state index contributed by atoms with van der Waals surface area (Å²) in [5, 5.41) is 3.81. The summed E-state index contributed by atoms with van der Waals surface area (Å²) in [4.78, 5) is 12.5. The van der Waals surface area contributed by atoms with E-state index in [2.05, 4.69) is 0 Å². The average molecular weight is 342 g/mol. The maximum Gasteiger partial charge on any atom is 0.519 e. The predicted molar refractivity (Wildman–Crippen MR) is 104 cm³/mol. The van der Waals surface area contributed by atoms with Gasteiger partial charge in [-0.15, -0.1) is 0 Å². The molecular weight excluding hydrogens is 324 g/mol. The van der Waals surface area contributed by atoms with Crippen molar-refractivity contribution in [1.82, 2.24) is 0 Å². The summed E-state index contributed by atoms with van der Waals surface area (Å²) < 4.78 is 11.2. The summed E-state index contributed by atoms with van der Waals surface area (Å²) >= 11 is 0. The van der Waals surface area contributed by atoms with Gasteiger partial charge in [-0.2, -0.15) is 0 Å². The van der Waals surface area contributed by atoms with Gasteiger partial charge < -0.3 is 9.47 Å². The van der Waals surface area contributed by atoms with E-state index in [9.17, 15) is 4.79 Å². The van der Waals surface area contributed by atoms with Crippen LogP contribution in [-0.4, -0.2) is 6.16 Å². The molecule has 0 aliphatic heterocycles. The Morgan fingerprint density at radius 3 is 1.50 bits per heavy atom. The van der Waals surface area contributed by atoms with Gasteiger partial charge >= 0.3 is 6.16 Å². The van der Waals surface area contributed by atoms with Gasteiger partial charge in [-0.05, 0) is 35.7 Å². The summed E-state index contributed by atoms with van der Waals surface area (Å²) in [6.45, 7) is 3.83. The van der Waals surface area contributed by atoms with E-state index in [1.54, 1.807) is 0 Å². The number of fused-ring (bicyclic) bond motifs is 2. The molecule has 0 saturated carbocycles. The van der Waals surface area contributed by atoms with Crippen molar-refractivity contribution in [3.05, 3.63) is 83.9 Å². The highest BCUT2D eigenvalue weighted by Gasteiger charge is 2.16. The van der Waals surface area contributed by atoms with Gasteiger partial charge in [-0.1, -0.05) is 72.8 Å². The highest BCUT2D eigenvalue weighted by atomic mass is 16.7. The number of carbonyl (C=O) groups is 1. The molecule has 0 spiro atoms. The lowest BCUT2D eigenvalue weighted by Gasteiger charge is -2.13. The van der Waals surface area contributed by atoms with Crippen LogP contribution in [-0.2, 0) is 0 Å². The molecule has 0 atom stereocenters. The summed E-state index contributed by atoms with van der Waals surface area (Å²) in [6, 6.07) is 23.5. The lowest BCUT2D eigenvalue weighted by atomic mass is 10.1. The van der Waals surface area contributed by atoms with Crippen LogP contribution in [0, 0.1) is 13.8 Å². The molecule has 0 N–H and O–H groups in total. The Bertz CT molecular complexity index is 1040. The van der Waals surface area contributed by atoms with Crippen LogP contribution in [0.1, 0.15) is 11.1 Å². The molecule has 4 aromatic rings. The third-order valence-electron chi connectivity index (χ3n) is 4.52. The fourth-order valence-corrected chi connectivity index (χ4v) is 3.16. The minimum atomic E-state index is -0.732. The quantitative estimate of drug-likeness (QED) is 0.322. The van der Waals surface area contributed by atoms with Crippen molar-refractivity contribution in [2.45, 2.75) is 13.8 Å². The second kappa shape index (κ2) is 6.52. The molecule has 4 aromatic carbocycles. The van der Waals surface area contributed by atoms with E-state index in [1.807, 2.05) is 86.6 Å². The van der Waals surface area contributed by atoms with E-state index in [-0.39, 0.29) is 0 Å². The molecule has 3 nitrogen and oxygen atoms in total. The first kappa shape index (κ1) is 16.2. The monoisotopic (exact) mass is 342 g/mol. The molecular formula is C23H18O3. The second-order valence-electron chi connectivity index (χ2n) is 6.32. The number of carbonyl (C=O) groups excluding carboxylic acids is 1. The van der Waals surface area contributed by atoms with Gasteiger partial charge in [-0.25, -0.2) is 4.79 Å². The maximum atomic E-state index is 12.5. The molecule has 0 unspecified atom stereocenters. The Labute approximate surface area is 151 Å². The van der Waals surface area contributed by atoms with Crippen molar-refractivity contribution < 1.29 is 14.3 Å². The molecule has 0 aromatic heterocycles. The summed E-state index contributed by atoms with van der Waals surface area (Å²) in [7, 11) is 0. The highest BCUT2D eigenvalue weighted by molar-refractivity contribution is 5.93. The van der Waals surface area contributed by atoms with Crippen molar-refractivity contribution >= 4 is 27.7 Å². The van der Waals surface area contributed by atoms with Crippen molar-refractivity contribution in [3.8, 4) is 11.5 Å². The van der Waals surface area contributed by atoms with E-state index in [0.717, 1.165) is 32.7 Å². The third kappa shape index (κ3) is 2.88. The Kier molecular flexibility index (Phi) is 4.05. The van der Waals surface area contributed by atoms with Gasteiger partial charge in [-0.3, -0.25) is 0 Å². The molecule has 0 radical (unpaired) electrons. The van der Waals surface area contributed by atoms with Crippen LogP contribution < -0.4 is 9.47 Å². The van der Waals surface area contributed by atoms with Gasteiger partial charge in [0, 0.05) is 10.8 Å². The minimum absolute atomic E-state index is 0.533. The summed E-state index contributed by atoms with van der Waals surface area (Å²) in [5.74, 6) is 1.07. The second-order valence-corrected chi connectivity index (χ2v) is 6.32. The molecule has 0 saturated heterocycles. The van der Waals surface area contributed by atoms with Gasteiger partial charge in [0.1, 0.15) is 11.5 Å². The Hall–Kier alpha value is -3.33. The molecule has 0 amide bonds. The zero-order valence-electron chi connectivity index (χ0n) is 14.7. The largest absolute Gasteiger partial charge is 0.519 e. The van der Waals surface area contributed by atoms with E-state index in [4.69, 9.17) is 9.47 Å². The molecule has 3 heteroatoms. The van der Waals surface area contributed by atoms with Gasteiger partial charge in [0.15, 0.2) is 0 Å². The molecule has 0 aliphatic carbocycles. The van der Waals surface area contributed by atoms with Crippen molar-refractivity contribution in [2.75, 3.05) is 0 Å². The first-order valence-corrected chi connectivity index (χ1v) is 8.50. The molecule has 0 heterocycles. The third-order valence-corrected chi connectivity index (χ3v) is 4.52. The SMILES string of the molecule is Cc1ccc2ccccc2c1OC(=O)Oc1c(C)ccc2ccccc12. The fourth-order valence-electron chi connectivity index (χ4n) is 3.16. The van der Waals surface area contributed by atoms with Crippen LogP contribution >= 0.6 is 0 Å². The Balaban J connectivity index is 1.69. The standard InChI is InChI=1S/C23H18O3/c1-15-11-13-17-7-3-5-9-19(17)21(15)25-23(24)26-22-16(2)12-14-18-8-4-6-10-20(18)22/h3-14H,1-2H3. The average Bonchev–Trinajstić information content (AvgIpc) is 2.66. The number of ether oxygens (including phenoxy) is 2. The first-order chi connectivity index (χ1) is 12.6. The van der Waals surface area contributed by atoms with Crippen LogP contribution in [0.4, 0.5) is 4.79 Å². The number of hydrogen-bond donors (Lipinski definition) is 0. The zero-order valence-corrected chi connectivity index (χ0v) is 14.7. The topological polar surface area (TPSA) is 35.5 Å². The van der Waals surface area contributed by atoms with E-state index in [1.165, 1.54) is 0 Å². The van der Waals surface area contributed by atoms with Gasteiger partial charge in [0.2, 0.25) is 0 Å². The number of hydrogen-bond acceptors (Lipinski definition) is 3. The van der Waals surface area contributed by atoms with Gasteiger partial charge in [0.25, 0.3) is 0 Å². The molecule has 4 rings (SSSR count). The molecule has 0 fully saturated rings. The summed E-state index contributed by atoms with van der Waals surface area (Å²) in [5.41, 5.74) is 1.77. The maximum absolute atomic E-state index is 12.5. The Morgan fingerprint density at radius 2 is 1.04 bits per heavy atom. The zero-order chi connectivity index (χ0) is 18.1. The van der Waals surface area contributed by atoms with Crippen LogP contribution in [0.5, 0.6) is 11.5 Å². The molecule has 128 valence electrons. The molecule has 0 bridgehead atoms. The van der Waals surface area contributed by atoms with Crippen LogP contribution in [0.2, 0.25) is 0 Å². The van der Waals surface area contributed by atoms with Crippen molar-refractivity contribution in [2.24, 2.45) is 0 Å². The van der Waals surface area contributed by atoms with E-state index < -0.39 is 6.16 Å². The Morgan fingerprint density at radius 1 is 0.615 bits per heavy atom. The van der Waals surface area contributed by atoms with E-state index >= 15 is 0 Å². The smallest absolute Gasteiger partial charge is 0.394 e. The van der Waals surface area contributed by atoms with Crippen LogP contribution in [0.25, 0.3) is 21.5 Å². The summed E-state index contributed by atoms with van der Waals surface area (Å²) in [6.07, 6.45) is -0.732.